The molecule has 426 valence electrons. The summed E-state index contributed by atoms with van der Waals surface area (Å²) in [4.78, 5) is 100. The van der Waals surface area contributed by atoms with E-state index in [9.17, 15) is 60.2 Å². The first kappa shape index (κ1) is 59.5. The predicted octanol–water partition coefficient (Wildman–Crippen LogP) is -1.89. The molecule has 6 amide bonds. The summed E-state index contributed by atoms with van der Waals surface area (Å²) in [5.41, 5.74) is 43.7. The Kier molecular flexibility index (Phi) is 18.2. The first-order valence-electron chi connectivity index (χ1n) is 23.2. The fraction of sp³-hybridized carbons (Fsp3) is 0.188. The topological polar surface area (TPSA) is 483 Å². The number of hydrogen-bond acceptors (Lipinski definition) is 13. The van der Waals surface area contributed by atoms with Crippen LogP contribution in [0.3, 0.4) is 0 Å². The zero-order chi connectivity index (χ0) is 59.7. The Morgan fingerprint density at radius 2 is 0.963 bits per heavy atom. The number of primary amides is 1. The number of alkyl halides is 6. The van der Waals surface area contributed by atoms with Gasteiger partial charge in [-0.15, -0.1) is 0 Å². The molecule has 33 heteroatoms. The fourth-order valence-electron chi connectivity index (χ4n) is 7.99. The molecule has 6 unspecified atom stereocenters. The van der Waals surface area contributed by atoms with Crippen molar-refractivity contribution in [2.75, 3.05) is 4.90 Å². The highest BCUT2D eigenvalue weighted by Gasteiger charge is 2.40. The van der Waals surface area contributed by atoms with Gasteiger partial charge in [0.2, 0.25) is 36.8 Å². The quantitative estimate of drug-likeness (QED) is 0.0131. The minimum absolute atomic E-state index is 0.102. The Bertz CT molecular complexity index is 3510. The minimum Gasteiger partial charge on any atom is -0.370 e. The maximum absolute atomic E-state index is 14.7. The molecule has 0 aliphatic heterocycles. The van der Waals surface area contributed by atoms with Crippen molar-refractivity contribution in [1.29, 1.82) is 0 Å². The van der Waals surface area contributed by atoms with Crippen LogP contribution in [0.2, 0.25) is 0 Å². The Balaban J connectivity index is 1.39. The number of nitrogens with one attached hydrogen (secondary N) is 5. The van der Waals surface area contributed by atoms with Gasteiger partial charge in [-0.05, 0) is 50.9 Å². The van der Waals surface area contributed by atoms with E-state index >= 15 is 0 Å². The molecular weight excluding hydrogens is 1080 g/mol. The lowest BCUT2D eigenvalue weighted by molar-refractivity contribution is -0.142. The molecule has 81 heavy (non-hydrogen) atoms. The number of pyridine rings is 1. The minimum atomic E-state index is -5.39. The summed E-state index contributed by atoms with van der Waals surface area (Å²) in [5.74, 6) is -11.9. The van der Waals surface area contributed by atoms with E-state index < -0.39 is 143 Å². The number of para-hydroxylation sites is 1. The number of anilines is 1. The summed E-state index contributed by atoms with van der Waals surface area (Å²) in [6.07, 6.45) is -22.0. The molecule has 1 heterocycles. The molecule has 0 spiro atoms. The standard InChI is InChI=1S/C48H50F6N20O7/c49-47(50,51)27-16-8-15-26-28(18-29(48(52,53)54)64-31(26)27)74(19-22-17-21-11-4-5-12-23(21)25-14-7-6-13-24(22)25)42(81)41(80)65-30(20-9-2-1-3-10-20)37(76)67-34(71-44(58)59)39(78)69-36(73-46(62)63)40(79)68-35(72-45(60)61)38(77)66-33(32(55)75)70-43(56)57/h1-18,30,33-36,42,81H,19H2,(H2,55,75)(H,65,80)(H,66,77)(H,67,76)(H,68,79)(H,69,78)(H4,56,57,70)(H4,58,59,71)(H4,60,61,72)(H4,62,63,73). The van der Waals surface area contributed by atoms with Gasteiger partial charge in [0.25, 0.3) is 29.5 Å². The van der Waals surface area contributed by atoms with Crippen molar-refractivity contribution >= 4 is 97.4 Å². The van der Waals surface area contributed by atoms with E-state index in [-0.39, 0.29) is 11.1 Å². The summed E-state index contributed by atoms with van der Waals surface area (Å²) >= 11 is 0. The molecule has 0 aliphatic carbocycles. The fourth-order valence-corrected chi connectivity index (χ4v) is 7.99. The third kappa shape index (κ3) is 14.9. The summed E-state index contributed by atoms with van der Waals surface area (Å²) < 4.78 is 87.9. The highest BCUT2D eigenvalue weighted by Crippen LogP contribution is 2.41. The molecule has 1 aromatic heterocycles. The number of guanidine groups is 4. The van der Waals surface area contributed by atoms with E-state index in [0.29, 0.717) is 33.2 Å². The van der Waals surface area contributed by atoms with Gasteiger partial charge < -0.3 is 88.2 Å². The third-order valence-corrected chi connectivity index (χ3v) is 11.4. The Morgan fingerprint density at radius 3 is 1.47 bits per heavy atom. The maximum Gasteiger partial charge on any atom is 0.433 e. The van der Waals surface area contributed by atoms with Gasteiger partial charge in [0.05, 0.1) is 16.8 Å². The van der Waals surface area contributed by atoms with Crippen molar-refractivity contribution in [2.45, 2.75) is 55.8 Å². The molecular formula is C48H50F6N20O7. The first-order chi connectivity index (χ1) is 38.0. The number of aliphatic imine (C=N–C) groups is 4. The molecule has 6 rings (SSSR count). The van der Waals surface area contributed by atoms with Gasteiger partial charge in [0.15, 0.2) is 23.8 Å². The number of amides is 6. The number of aliphatic hydroxyl groups excluding tert-OH is 1. The Morgan fingerprint density at radius 1 is 0.506 bits per heavy atom. The van der Waals surface area contributed by atoms with Gasteiger partial charge in [-0.25, -0.2) is 25.0 Å². The van der Waals surface area contributed by atoms with Gasteiger partial charge in [-0.3, -0.25) is 28.8 Å². The molecule has 0 bridgehead atoms. The number of hydrogen-bond donors (Lipinski definition) is 15. The van der Waals surface area contributed by atoms with Gasteiger partial charge in [0.1, 0.15) is 11.7 Å². The molecule has 6 atom stereocenters. The molecule has 5 aromatic carbocycles. The number of nitrogens with zero attached hydrogens (tertiary/aromatic N) is 6. The van der Waals surface area contributed by atoms with Crippen LogP contribution in [0, 0.1) is 0 Å². The molecule has 0 aliphatic rings. The van der Waals surface area contributed by atoms with Gasteiger partial charge in [-0.1, -0.05) is 91.0 Å². The summed E-state index contributed by atoms with van der Waals surface area (Å²) in [5, 5.41) is 24.5. The number of carbonyl (C=O) groups excluding carboxylic acids is 6. The van der Waals surface area contributed by atoms with Gasteiger partial charge in [0, 0.05) is 11.9 Å². The molecule has 24 N–H and O–H groups in total. The van der Waals surface area contributed by atoms with E-state index in [1.54, 1.807) is 54.6 Å². The van der Waals surface area contributed by atoms with E-state index in [2.05, 4.69) is 35.6 Å². The molecule has 0 saturated heterocycles. The highest BCUT2D eigenvalue weighted by molar-refractivity contribution is 6.09. The number of aliphatic hydroxyl groups is 1. The van der Waals surface area contributed by atoms with Crippen LogP contribution in [0.15, 0.2) is 129 Å². The monoisotopic (exact) mass is 1130 g/mol. The van der Waals surface area contributed by atoms with Crippen LogP contribution in [0.4, 0.5) is 32.0 Å². The van der Waals surface area contributed by atoms with Gasteiger partial charge in [-0.2, -0.15) is 26.3 Å². The average Bonchev–Trinajstić information content (AvgIpc) is 3.46. The molecule has 0 fully saturated rings. The molecule has 27 nitrogen and oxygen atoms in total. The van der Waals surface area contributed by atoms with Crippen LogP contribution in [-0.4, -0.2) is 100 Å². The van der Waals surface area contributed by atoms with Crippen molar-refractivity contribution < 1.29 is 60.2 Å². The summed E-state index contributed by atoms with van der Waals surface area (Å²) in [6, 6.07) is 22.8. The summed E-state index contributed by atoms with van der Waals surface area (Å²) in [6.45, 7) is -0.685. The molecule has 6 aromatic rings. The van der Waals surface area contributed by atoms with E-state index in [4.69, 9.17) is 51.6 Å². The molecule has 0 radical (unpaired) electrons. The second kappa shape index (κ2) is 24.7. The SMILES string of the molecule is NC(=O)C(N=C(N)N)NC(=O)C(N=C(N)N)NC(=O)C(N=C(N)N)NC(=O)C(N=C(N)N)NC(=O)C(NC(=O)C(O)N(Cc1cc2ccccc2c2ccccc12)c1cc(C(F)(F)F)nc2c(C(F)(F)F)cccc12)c1ccccc1. The number of rotatable bonds is 20. The van der Waals surface area contributed by atoms with E-state index in [1.165, 1.54) is 30.3 Å². The van der Waals surface area contributed by atoms with Crippen LogP contribution in [0.5, 0.6) is 0 Å². The predicted molar refractivity (Wildman–Crippen MR) is 283 cm³/mol. The largest absolute Gasteiger partial charge is 0.433 e. The van der Waals surface area contributed by atoms with Crippen LogP contribution in [-0.2, 0) is 47.7 Å². The van der Waals surface area contributed by atoms with Crippen molar-refractivity contribution in [1.82, 2.24) is 31.6 Å². The Labute approximate surface area is 452 Å². The van der Waals surface area contributed by atoms with Crippen LogP contribution in [0.25, 0.3) is 32.4 Å². The van der Waals surface area contributed by atoms with Crippen LogP contribution < -0.4 is 83.1 Å². The number of fused-ring (bicyclic) bond motifs is 4. The number of nitrogens with two attached hydrogens (primary N) is 9. The number of halogens is 6. The smallest absolute Gasteiger partial charge is 0.370 e. The summed E-state index contributed by atoms with van der Waals surface area (Å²) in [7, 11) is 0. The van der Waals surface area contributed by atoms with Crippen molar-refractivity contribution in [2.24, 2.45) is 71.6 Å². The first-order valence-corrected chi connectivity index (χ1v) is 23.2. The average molecular weight is 1130 g/mol. The lowest BCUT2D eigenvalue weighted by Crippen LogP contribution is -2.58. The second-order valence-electron chi connectivity index (χ2n) is 17.1. The lowest BCUT2D eigenvalue weighted by atomic mass is 9.96. The molecule has 0 saturated carbocycles. The maximum atomic E-state index is 14.7. The number of aromatic nitrogens is 1. The second-order valence-corrected chi connectivity index (χ2v) is 17.1. The third-order valence-electron chi connectivity index (χ3n) is 11.4. The Hall–Kier alpha value is -10.7. The van der Waals surface area contributed by atoms with Crippen molar-refractivity contribution in [3.8, 4) is 0 Å². The van der Waals surface area contributed by atoms with Crippen molar-refractivity contribution in [3.63, 3.8) is 0 Å². The zero-order valence-corrected chi connectivity index (χ0v) is 41.6. The van der Waals surface area contributed by atoms with E-state index in [0.717, 1.165) is 17.5 Å². The van der Waals surface area contributed by atoms with Crippen LogP contribution in [0.1, 0.15) is 28.4 Å². The highest BCUT2D eigenvalue weighted by atomic mass is 19.4. The van der Waals surface area contributed by atoms with Crippen LogP contribution >= 0.6 is 0 Å². The number of carbonyl (C=O) groups is 6. The van der Waals surface area contributed by atoms with Crippen molar-refractivity contribution in [3.05, 3.63) is 132 Å². The van der Waals surface area contributed by atoms with Gasteiger partial charge >= 0.3 is 12.4 Å². The zero-order valence-electron chi connectivity index (χ0n) is 41.6. The number of benzene rings is 5. The van der Waals surface area contributed by atoms with E-state index in [1.807, 2.05) is 16.0 Å². The normalized spacial score (nSPS) is 13.6. The lowest BCUT2D eigenvalue weighted by Gasteiger charge is -2.32.